The Morgan fingerprint density at radius 1 is 0.970 bits per heavy atom. The minimum Gasteiger partial charge on any atom is -0.371 e. The summed E-state index contributed by atoms with van der Waals surface area (Å²) < 4.78 is 3.57. The van der Waals surface area contributed by atoms with Crippen molar-refractivity contribution in [2.45, 2.75) is 46.5 Å². The molecule has 1 aromatic carbocycles. The predicted octanol–water partition coefficient (Wildman–Crippen LogP) is 3.65. The van der Waals surface area contributed by atoms with Crippen molar-refractivity contribution >= 4 is 17.1 Å². The molecule has 0 spiro atoms. The first kappa shape index (κ1) is 21.3. The lowest BCUT2D eigenvalue weighted by molar-refractivity contribution is -0.123. The molecular formula is C25H29N7O. The number of aromatic nitrogens is 6. The number of para-hydroxylation sites is 1. The van der Waals surface area contributed by atoms with E-state index in [1.54, 1.807) is 4.52 Å². The smallest absolute Gasteiger partial charge is 0.178 e. The Kier molecular flexibility index (Phi) is 5.66. The number of carbonyl (C=O) groups is 1. The Labute approximate surface area is 193 Å². The largest absolute Gasteiger partial charge is 0.371 e. The summed E-state index contributed by atoms with van der Waals surface area (Å²) in [5, 5.41) is 17.5. The summed E-state index contributed by atoms with van der Waals surface area (Å²) >= 11 is 0. The number of aryl methyl sites for hydroxylation is 2. The Morgan fingerprint density at radius 3 is 2.48 bits per heavy atom. The summed E-state index contributed by atoms with van der Waals surface area (Å²) in [5.74, 6) is 1.98. The minimum absolute atomic E-state index is 0.154. The van der Waals surface area contributed by atoms with Gasteiger partial charge >= 0.3 is 0 Å². The van der Waals surface area contributed by atoms with Gasteiger partial charge in [-0.15, -0.1) is 15.3 Å². The van der Waals surface area contributed by atoms with E-state index in [9.17, 15) is 4.79 Å². The Hall–Kier alpha value is -3.55. The van der Waals surface area contributed by atoms with Crippen LogP contribution in [0.3, 0.4) is 0 Å². The van der Waals surface area contributed by atoms with Crippen LogP contribution in [0, 0.1) is 26.7 Å². The third kappa shape index (κ3) is 4.13. The fourth-order valence-electron chi connectivity index (χ4n) is 4.81. The normalized spacial score (nSPS) is 14.8. The maximum absolute atomic E-state index is 13.0. The predicted molar refractivity (Wildman–Crippen MR) is 127 cm³/mol. The van der Waals surface area contributed by atoms with Crippen LogP contribution in [0.1, 0.15) is 42.0 Å². The van der Waals surface area contributed by atoms with Gasteiger partial charge in [0, 0.05) is 36.8 Å². The highest BCUT2D eigenvalue weighted by Gasteiger charge is 2.25. The highest BCUT2D eigenvalue weighted by Crippen LogP contribution is 2.26. The van der Waals surface area contributed by atoms with E-state index in [2.05, 4.69) is 44.5 Å². The standard InChI is InChI=1S/C25H29N7O/c1-17-22(18(2)31(28-17)25-12-11-24-27-26-19(3)32(24)29-25)9-10-23(33)20-13-15-30(16-14-20)21-7-5-4-6-8-21/h4-8,11-12,20H,9-10,13-16H2,1-3H3. The molecule has 0 aliphatic carbocycles. The van der Waals surface area contributed by atoms with Crippen molar-refractivity contribution in [2.75, 3.05) is 18.0 Å². The molecule has 0 atom stereocenters. The molecule has 8 nitrogen and oxygen atoms in total. The van der Waals surface area contributed by atoms with E-state index in [0.717, 1.165) is 54.5 Å². The second-order valence-corrected chi connectivity index (χ2v) is 8.83. The van der Waals surface area contributed by atoms with Crippen molar-refractivity contribution in [1.82, 2.24) is 29.6 Å². The van der Waals surface area contributed by atoms with Gasteiger partial charge in [0.05, 0.1) is 5.69 Å². The Bertz CT molecular complexity index is 1280. The summed E-state index contributed by atoms with van der Waals surface area (Å²) in [7, 11) is 0. The number of piperidine rings is 1. The molecule has 3 aromatic heterocycles. The van der Waals surface area contributed by atoms with E-state index < -0.39 is 0 Å². The van der Waals surface area contributed by atoms with Crippen molar-refractivity contribution < 1.29 is 4.79 Å². The first-order valence-electron chi connectivity index (χ1n) is 11.6. The van der Waals surface area contributed by atoms with Gasteiger partial charge in [-0.3, -0.25) is 4.79 Å². The van der Waals surface area contributed by atoms with Crippen molar-refractivity contribution in [1.29, 1.82) is 0 Å². The van der Waals surface area contributed by atoms with Gasteiger partial charge in [0.25, 0.3) is 0 Å². The molecule has 4 aromatic rings. The quantitative estimate of drug-likeness (QED) is 0.452. The Morgan fingerprint density at radius 2 is 1.73 bits per heavy atom. The third-order valence-electron chi connectivity index (χ3n) is 6.76. The van der Waals surface area contributed by atoms with Gasteiger partial charge in [0.15, 0.2) is 17.3 Å². The van der Waals surface area contributed by atoms with E-state index >= 15 is 0 Å². The monoisotopic (exact) mass is 443 g/mol. The van der Waals surface area contributed by atoms with Crippen LogP contribution >= 0.6 is 0 Å². The zero-order valence-corrected chi connectivity index (χ0v) is 19.4. The summed E-state index contributed by atoms with van der Waals surface area (Å²) in [5.41, 5.74) is 5.06. The molecular weight excluding hydrogens is 414 g/mol. The van der Waals surface area contributed by atoms with Gasteiger partial charge in [-0.2, -0.15) is 9.61 Å². The molecule has 1 saturated heterocycles. The number of nitrogens with zero attached hydrogens (tertiary/aromatic N) is 7. The van der Waals surface area contributed by atoms with Gasteiger partial charge in [-0.05, 0) is 69.9 Å². The highest BCUT2D eigenvalue weighted by molar-refractivity contribution is 5.81. The lowest BCUT2D eigenvalue weighted by Gasteiger charge is -2.33. The number of hydrogen-bond donors (Lipinski definition) is 0. The van der Waals surface area contributed by atoms with Crippen LogP contribution in [0.5, 0.6) is 0 Å². The number of anilines is 1. The number of Topliss-reactive ketones (excluding diaryl/α,β-unsaturated/α-hetero) is 1. The van der Waals surface area contributed by atoms with Gasteiger partial charge in [0.1, 0.15) is 5.78 Å². The molecule has 8 heteroatoms. The molecule has 1 fully saturated rings. The van der Waals surface area contributed by atoms with Crippen LogP contribution in [0.2, 0.25) is 0 Å². The molecule has 0 bridgehead atoms. The number of fused-ring (bicyclic) bond motifs is 1. The van der Waals surface area contributed by atoms with Crippen LogP contribution < -0.4 is 4.90 Å². The molecule has 0 N–H and O–H groups in total. The molecule has 33 heavy (non-hydrogen) atoms. The van der Waals surface area contributed by atoms with Crippen molar-refractivity contribution in [3.05, 3.63) is 65.2 Å². The molecule has 0 amide bonds. The third-order valence-corrected chi connectivity index (χ3v) is 6.76. The summed E-state index contributed by atoms with van der Waals surface area (Å²) in [4.78, 5) is 15.4. The SMILES string of the molecule is Cc1nn(-c2ccc3nnc(C)n3n2)c(C)c1CCC(=O)C1CCN(c2ccccc2)CC1. The van der Waals surface area contributed by atoms with Gasteiger partial charge in [-0.1, -0.05) is 18.2 Å². The number of benzene rings is 1. The molecule has 0 unspecified atom stereocenters. The molecule has 0 saturated carbocycles. The van der Waals surface area contributed by atoms with Gasteiger partial charge < -0.3 is 4.90 Å². The van der Waals surface area contributed by atoms with Crippen molar-refractivity contribution in [3.8, 4) is 5.82 Å². The van der Waals surface area contributed by atoms with Crippen LogP contribution in [0.15, 0.2) is 42.5 Å². The summed E-state index contributed by atoms with van der Waals surface area (Å²) in [6, 6.07) is 14.3. The highest BCUT2D eigenvalue weighted by atomic mass is 16.1. The molecule has 170 valence electrons. The summed E-state index contributed by atoms with van der Waals surface area (Å²) in [6.45, 7) is 7.80. The average Bonchev–Trinajstić information content (AvgIpc) is 3.36. The number of rotatable bonds is 6. The summed E-state index contributed by atoms with van der Waals surface area (Å²) in [6.07, 6.45) is 3.12. The van der Waals surface area contributed by atoms with Gasteiger partial charge in [0.2, 0.25) is 0 Å². The second-order valence-electron chi connectivity index (χ2n) is 8.83. The number of ketones is 1. The maximum atomic E-state index is 13.0. The average molecular weight is 444 g/mol. The van der Waals surface area contributed by atoms with E-state index in [1.165, 1.54) is 5.69 Å². The van der Waals surface area contributed by atoms with E-state index in [4.69, 9.17) is 5.10 Å². The first-order valence-corrected chi connectivity index (χ1v) is 11.6. The van der Waals surface area contributed by atoms with Crippen LogP contribution in [0.4, 0.5) is 5.69 Å². The van der Waals surface area contributed by atoms with Crippen molar-refractivity contribution in [3.63, 3.8) is 0 Å². The van der Waals surface area contributed by atoms with Crippen LogP contribution in [0.25, 0.3) is 11.5 Å². The van der Waals surface area contributed by atoms with E-state index in [1.807, 2.05) is 43.7 Å². The maximum Gasteiger partial charge on any atom is 0.178 e. The molecule has 1 aliphatic heterocycles. The minimum atomic E-state index is 0.154. The lowest BCUT2D eigenvalue weighted by Crippen LogP contribution is -2.36. The van der Waals surface area contributed by atoms with Gasteiger partial charge in [-0.25, -0.2) is 4.68 Å². The second kappa shape index (κ2) is 8.77. The fourth-order valence-corrected chi connectivity index (χ4v) is 4.81. The number of hydrogen-bond acceptors (Lipinski definition) is 6. The van der Waals surface area contributed by atoms with Crippen LogP contribution in [-0.4, -0.2) is 48.5 Å². The Balaban J connectivity index is 1.24. The fraction of sp³-hybridized carbons (Fsp3) is 0.400. The molecule has 5 rings (SSSR count). The molecule has 0 radical (unpaired) electrons. The van der Waals surface area contributed by atoms with Crippen molar-refractivity contribution in [2.24, 2.45) is 5.92 Å². The van der Waals surface area contributed by atoms with E-state index in [0.29, 0.717) is 24.3 Å². The number of carbonyl (C=O) groups excluding carboxylic acids is 1. The van der Waals surface area contributed by atoms with E-state index in [-0.39, 0.29) is 5.92 Å². The zero-order chi connectivity index (χ0) is 22.9. The van der Waals surface area contributed by atoms with Crippen LogP contribution in [-0.2, 0) is 11.2 Å². The topological polar surface area (TPSA) is 81.2 Å². The molecule has 4 heterocycles. The zero-order valence-electron chi connectivity index (χ0n) is 19.4. The first-order chi connectivity index (χ1) is 16.0. The lowest BCUT2D eigenvalue weighted by atomic mass is 9.89. The molecule has 1 aliphatic rings.